The Balaban J connectivity index is 2.50. The highest BCUT2D eigenvalue weighted by Crippen LogP contribution is 2.18. The first kappa shape index (κ1) is 17.3. The van der Waals surface area contributed by atoms with E-state index in [0.29, 0.717) is 5.92 Å². The second kappa shape index (κ2) is 9.27. The molecule has 1 rings (SSSR count). The van der Waals surface area contributed by atoms with Crippen LogP contribution in [0.4, 0.5) is 0 Å². The van der Waals surface area contributed by atoms with Crippen molar-refractivity contribution in [3.05, 3.63) is 29.3 Å². The van der Waals surface area contributed by atoms with E-state index in [9.17, 15) is 0 Å². The van der Waals surface area contributed by atoms with Crippen LogP contribution in [0.15, 0.2) is 23.2 Å². The van der Waals surface area contributed by atoms with Gasteiger partial charge in [0, 0.05) is 20.1 Å². The van der Waals surface area contributed by atoms with E-state index in [-0.39, 0.29) is 0 Å². The summed E-state index contributed by atoms with van der Waals surface area (Å²) in [5.41, 5.74) is 2.37. The first-order valence-electron chi connectivity index (χ1n) is 7.72. The highest BCUT2D eigenvalue weighted by molar-refractivity contribution is 5.79. The summed E-state index contributed by atoms with van der Waals surface area (Å²) >= 11 is 0. The molecule has 0 heterocycles. The lowest BCUT2D eigenvalue weighted by molar-refractivity contribution is 0.411. The van der Waals surface area contributed by atoms with Crippen molar-refractivity contribution in [3.8, 4) is 5.75 Å². The molecule has 0 saturated carbocycles. The fourth-order valence-electron chi connectivity index (χ4n) is 2.28. The van der Waals surface area contributed by atoms with E-state index in [0.717, 1.165) is 30.4 Å². The minimum absolute atomic E-state index is 0.701. The highest BCUT2D eigenvalue weighted by Gasteiger charge is 2.05. The number of nitrogens with one attached hydrogen (secondary N) is 2. The van der Waals surface area contributed by atoms with Crippen molar-refractivity contribution < 1.29 is 4.74 Å². The van der Waals surface area contributed by atoms with E-state index in [4.69, 9.17) is 4.74 Å². The van der Waals surface area contributed by atoms with Crippen LogP contribution < -0.4 is 15.4 Å². The smallest absolute Gasteiger partial charge is 0.191 e. The molecule has 1 aromatic rings. The number of benzene rings is 1. The molecule has 2 N–H and O–H groups in total. The molecule has 0 spiro atoms. The van der Waals surface area contributed by atoms with Crippen molar-refractivity contribution in [1.82, 2.24) is 10.6 Å². The fourth-order valence-corrected chi connectivity index (χ4v) is 2.28. The van der Waals surface area contributed by atoms with Gasteiger partial charge in [0.1, 0.15) is 5.75 Å². The number of aryl methyl sites for hydroxylation is 1. The van der Waals surface area contributed by atoms with Crippen LogP contribution in [0.1, 0.15) is 37.8 Å². The van der Waals surface area contributed by atoms with E-state index in [1.165, 1.54) is 18.4 Å². The number of nitrogens with zero attached hydrogens (tertiary/aromatic N) is 1. The maximum atomic E-state index is 5.28. The lowest BCUT2D eigenvalue weighted by Gasteiger charge is -2.17. The lowest BCUT2D eigenvalue weighted by atomic mass is 10.0. The van der Waals surface area contributed by atoms with Crippen molar-refractivity contribution in [2.45, 2.75) is 40.2 Å². The Labute approximate surface area is 129 Å². The van der Waals surface area contributed by atoms with Crippen molar-refractivity contribution in [2.75, 3.05) is 20.7 Å². The third-order valence-electron chi connectivity index (χ3n) is 3.86. The van der Waals surface area contributed by atoms with Gasteiger partial charge in [-0.2, -0.15) is 0 Å². The molecular formula is C17H29N3O. The van der Waals surface area contributed by atoms with Crippen molar-refractivity contribution in [1.29, 1.82) is 0 Å². The molecule has 0 aliphatic heterocycles. The van der Waals surface area contributed by atoms with Gasteiger partial charge in [-0.1, -0.05) is 38.8 Å². The Kier molecular flexibility index (Phi) is 7.65. The number of guanidine groups is 1. The quantitative estimate of drug-likeness (QED) is 0.599. The molecule has 0 radical (unpaired) electrons. The van der Waals surface area contributed by atoms with E-state index in [1.54, 1.807) is 7.11 Å². The summed E-state index contributed by atoms with van der Waals surface area (Å²) in [6.07, 6.45) is 2.39. The number of methoxy groups -OCH3 is 1. The number of ether oxygens (including phenoxy) is 1. The van der Waals surface area contributed by atoms with Gasteiger partial charge in [-0.05, 0) is 30.0 Å². The molecule has 0 aliphatic rings. The second-order valence-electron chi connectivity index (χ2n) is 5.29. The van der Waals surface area contributed by atoms with Gasteiger partial charge in [-0.25, -0.2) is 0 Å². The van der Waals surface area contributed by atoms with Crippen molar-refractivity contribution >= 4 is 5.96 Å². The summed E-state index contributed by atoms with van der Waals surface area (Å²) < 4.78 is 5.28. The van der Waals surface area contributed by atoms with E-state index >= 15 is 0 Å². The lowest BCUT2D eigenvalue weighted by Crippen LogP contribution is -2.39. The molecule has 0 aromatic heterocycles. The molecule has 0 aliphatic carbocycles. The molecule has 4 heteroatoms. The Morgan fingerprint density at radius 1 is 1.24 bits per heavy atom. The highest BCUT2D eigenvalue weighted by atomic mass is 16.5. The number of hydrogen-bond acceptors (Lipinski definition) is 2. The molecule has 0 atom stereocenters. The predicted molar refractivity (Wildman–Crippen MR) is 90.0 cm³/mol. The van der Waals surface area contributed by atoms with Crippen LogP contribution in [0.5, 0.6) is 5.75 Å². The molecular weight excluding hydrogens is 262 g/mol. The monoisotopic (exact) mass is 291 g/mol. The van der Waals surface area contributed by atoms with Gasteiger partial charge in [0.25, 0.3) is 0 Å². The molecule has 0 bridgehead atoms. The minimum Gasteiger partial charge on any atom is -0.496 e. The predicted octanol–water partition coefficient (Wildman–Crippen LogP) is 3.10. The average molecular weight is 291 g/mol. The Morgan fingerprint density at radius 3 is 2.48 bits per heavy atom. The Bertz CT molecular complexity index is 453. The van der Waals surface area contributed by atoms with Crippen LogP contribution in [0, 0.1) is 12.8 Å². The molecule has 0 saturated heterocycles. The van der Waals surface area contributed by atoms with Crippen LogP contribution >= 0.6 is 0 Å². The maximum absolute atomic E-state index is 5.28. The number of rotatable bonds is 7. The summed E-state index contributed by atoms with van der Waals surface area (Å²) in [5.74, 6) is 2.48. The van der Waals surface area contributed by atoms with Crippen molar-refractivity contribution in [3.63, 3.8) is 0 Å². The zero-order valence-electron chi connectivity index (χ0n) is 14.0. The zero-order chi connectivity index (χ0) is 15.7. The topological polar surface area (TPSA) is 45.7 Å². The van der Waals surface area contributed by atoms with Gasteiger partial charge < -0.3 is 15.4 Å². The summed E-state index contributed by atoms with van der Waals surface area (Å²) in [7, 11) is 3.51. The standard InChI is InChI=1S/C17H29N3O/c1-6-14(7-2)11-19-17(18-4)20-12-15-8-9-16(21-5)13(3)10-15/h8-10,14H,6-7,11-12H2,1-5H3,(H2,18,19,20). The Morgan fingerprint density at radius 2 is 1.95 bits per heavy atom. The first-order chi connectivity index (χ1) is 10.1. The molecule has 21 heavy (non-hydrogen) atoms. The fraction of sp³-hybridized carbons (Fsp3) is 0.588. The van der Waals surface area contributed by atoms with Gasteiger partial charge in [0.2, 0.25) is 0 Å². The van der Waals surface area contributed by atoms with Crippen LogP contribution in [0.3, 0.4) is 0 Å². The normalized spacial score (nSPS) is 11.6. The molecule has 4 nitrogen and oxygen atoms in total. The van der Waals surface area contributed by atoms with E-state index in [2.05, 4.69) is 48.5 Å². The Hall–Kier alpha value is -1.71. The van der Waals surface area contributed by atoms with Crippen LogP contribution in [0.25, 0.3) is 0 Å². The third kappa shape index (κ3) is 5.66. The van der Waals surface area contributed by atoms with Crippen LogP contribution in [0.2, 0.25) is 0 Å². The summed E-state index contributed by atoms with van der Waals surface area (Å²) in [6.45, 7) is 8.24. The van der Waals surface area contributed by atoms with E-state index < -0.39 is 0 Å². The number of hydrogen-bond donors (Lipinski definition) is 2. The second-order valence-corrected chi connectivity index (χ2v) is 5.29. The largest absolute Gasteiger partial charge is 0.496 e. The van der Waals surface area contributed by atoms with Crippen LogP contribution in [-0.2, 0) is 6.54 Å². The molecule has 118 valence electrons. The average Bonchev–Trinajstić information content (AvgIpc) is 2.51. The van der Waals surface area contributed by atoms with Crippen LogP contribution in [-0.4, -0.2) is 26.7 Å². The summed E-state index contributed by atoms with van der Waals surface area (Å²) in [4.78, 5) is 4.27. The minimum atomic E-state index is 0.701. The molecule has 0 amide bonds. The number of aliphatic imine (C=N–C) groups is 1. The zero-order valence-corrected chi connectivity index (χ0v) is 14.0. The van der Waals surface area contributed by atoms with Gasteiger partial charge in [0.05, 0.1) is 7.11 Å². The summed E-state index contributed by atoms with van der Waals surface area (Å²) in [5, 5.41) is 6.74. The van der Waals surface area contributed by atoms with E-state index in [1.807, 2.05) is 13.1 Å². The summed E-state index contributed by atoms with van der Waals surface area (Å²) in [6, 6.07) is 6.22. The van der Waals surface area contributed by atoms with Gasteiger partial charge in [-0.15, -0.1) is 0 Å². The third-order valence-corrected chi connectivity index (χ3v) is 3.86. The maximum Gasteiger partial charge on any atom is 0.191 e. The van der Waals surface area contributed by atoms with Gasteiger partial charge in [-0.3, -0.25) is 4.99 Å². The molecule has 0 unspecified atom stereocenters. The first-order valence-corrected chi connectivity index (χ1v) is 7.72. The SMILES string of the molecule is CCC(CC)CNC(=NC)NCc1ccc(OC)c(C)c1. The van der Waals surface area contributed by atoms with Gasteiger partial charge in [0.15, 0.2) is 5.96 Å². The van der Waals surface area contributed by atoms with Gasteiger partial charge >= 0.3 is 0 Å². The molecule has 0 fully saturated rings. The molecule has 1 aromatic carbocycles. The van der Waals surface area contributed by atoms with Crippen molar-refractivity contribution in [2.24, 2.45) is 10.9 Å².